The smallest absolute Gasteiger partial charge is 0.0389 e. The second-order valence-corrected chi connectivity index (χ2v) is 5.95. The Kier molecular flexibility index (Phi) is 4.15. The van der Waals surface area contributed by atoms with E-state index >= 15 is 0 Å². The second kappa shape index (κ2) is 5.64. The van der Waals surface area contributed by atoms with E-state index < -0.39 is 0 Å². The number of anilines is 2. The van der Waals surface area contributed by atoms with Gasteiger partial charge in [0.1, 0.15) is 0 Å². The van der Waals surface area contributed by atoms with Crippen LogP contribution in [0.1, 0.15) is 40.0 Å². The lowest BCUT2D eigenvalue weighted by atomic mass is 9.79. The number of benzene rings is 1. The summed E-state index contributed by atoms with van der Waals surface area (Å²) in [5.74, 6) is 1.68. The zero-order valence-electron chi connectivity index (χ0n) is 11.9. The zero-order chi connectivity index (χ0) is 13.1. The van der Waals surface area contributed by atoms with Gasteiger partial charge in [-0.1, -0.05) is 19.9 Å². The molecule has 2 N–H and O–H groups in total. The van der Waals surface area contributed by atoms with Crippen molar-refractivity contribution in [1.82, 2.24) is 0 Å². The highest BCUT2D eigenvalue weighted by molar-refractivity contribution is 5.56. The van der Waals surface area contributed by atoms with Gasteiger partial charge < -0.3 is 10.6 Å². The minimum absolute atomic E-state index is 0.676. The van der Waals surface area contributed by atoms with Crippen LogP contribution in [0.25, 0.3) is 0 Å². The summed E-state index contributed by atoms with van der Waals surface area (Å²) in [6.45, 7) is 8.08. The Morgan fingerprint density at radius 3 is 2.39 bits per heavy atom. The lowest BCUT2D eigenvalue weighted by Gasteiger charge is -2.40. The van der Waals surface area contributed by atoms with Crippen LogP contribution in [0.5, 0.6) is 0 Å². The first-order chi connectivity index (χ1) is 8.60. The van der Waals surface area contributed by atoms with Crippen molar-refractivity contribution in [3.63, 3.8) is 0 Å². The van der Waals surface area contributed by atoms with Gasteiger partial charge in [0, 0.05) is 24.0 Å². The van der Waals surface area contributed by atoms with Crippen molar-refractivity contribution in [2.24, 2.45) is 11.8 Å². The van der Waals surface area contributed by atoms with Gasteiger partial charge in [0.05, 0.1) is 0 Å². The summed E-state index contributed by atoms with van der Waals surface area (Å²) in [4.78, 5) is 2.53. The fraction of sp³-hybridized carbons (Fsp3) is 0.625. The van der Waals surface area contributed by atoms with Crippen molar-refractivity contribution in [3.8, 4) is 0 Å². The van der Waals surface area contributed by atoms with E-state index in [-0.39, 0.29) is 0 Å². The molecule has 0 heterocycles. The van der Waals surface area contributed by atoms with Crippen molar-refractivity contribution in [3.05, 3.63) is 24.3 Å². The number of nitrogen functional groups attached to an aromatic ring is 1. The Labute approximate surface area is 111 Å². The normalized spacial score (nSPS) is 28.1. The largest absolute Gasteiger partial charge is 0.399 e. The van der Waals surface area contributed by atoms with Crippen LogP contribution in [0, 0.1) is 11.8 Å². The molecule has 1 saturated carbocycles. The van der Waals surface area contributed by atoms with E-state index in [4.69, 9.17) is 5.73 Å². The van der Waals surface area contributed by atoms with E-state index in [1.54, 1.807) is 0 Å². The number of nitrogens with two attached hydrogens (primary N) is 1. The quantitative estimate of drug-likeness (QED) is 0.819. The molecule has 2 nitrogen and oxygen atoms in total. The van der Waals surface area contributed by atoms with Gasteiger partial charge in [-0.2, -0.15) is 0 Å². The van der Waals surface area contributed by atoms with Crippen molar-refractivity contribution in [2.75, 3.05) is 17.2 Å². The van der Waals surface area contributed by atoms with E-state index in [0.29, 0.717) is 6.04 Å². The number of rotatable bonds is 3. The molecule has 2 heteroatoms. The van der Waals surface area contributed by atoms with Crippen LogP contribution in [-0.4, -0.2) is 12.6 Å². The van der Waals surface area contributed by atoms with Crippen LogP contribution in [0.15, 0.2) is 24.3 Å². The molecule has 2 rings (SSSR count). The van der Waals surface area contributed by atoms with Gasteiger partial charge in [0.25, 0.3) is 0 Å². The maximum Gasteiger partial charge on any atom is 0.0389 e. The third-order valence-electron chi connectivity index (χ3n) is 4.14. The molecule has 1 aromatic rings. The van der Waals surface area contributed by atoms with Crippen molar-refractivity contribution < 1.29 is 0 Å². The molecule has 0 spiro atoms. The Morgan fingerprint density at radius 2 is 1.83 bits per heavy atom. The summed E-state index contributed by atoms with van der Waals surface area (Å²) in [6.07, 6.45) is 4.00. The summed E-state index contributed by atoms with van der Waals surface area (Å²) in [7, 11) is 0. The van der Waals surface area contributed by atoms with Gasteiger partial charge in [0.15, 0.2) is 0 Å². The average molecular weight is 246 g/mol. The minimum Gasteiger partial charge on any atom is -0.399 e. The maximum absolute atomic E-state index is 5.91. The van der Waals surface area contributed by atoms with Gasteiger partial charge in [0.2, 0.25) is 0 Å². The van der Waals surface area contributed by atoms with Crippen LogP contribution in [-0.2, 0) is 0 Å². The number of nitrogens with zero attached hydrogens (tertiary/aromatic N) is 1. The van der Waals surface area contributed by atoms with E-state index in [1.807, 2.05) is 6.07 Å². The van der Waals surface area contributed by atoms with Crippen LogP contribution in [0.4, 0.5) is 11.4 Å². The van der Waals surface area contributed by atoms with Crippen LogP contribution >= 0.6 is 0 Å². The van der Waals surface area contributed by atoms with Crippen LogP contribution < -0.4 is 10.6 Å². The molecule has 2 atom stereocenters. The van der Waals surface area contributed by atoms with Crippen molar-refractivity contribution in [2.45, 2.75) is 46.1 Å². The molecular weight excluding hydrogens is 220 g/mol. The van der Waals surface area contributed by atoms with E-state index in [9.17, 15) is 0 Å². The van der Waals surface area contributed by atoms with Crippen LogP contribution in [0.2, 0.25) is 0 Å². The Bertz CT molecular complexity index is 378. The Balaban J connectivity index is 2.17. The van der Waals surface area contributed by atoms with Gasteiger partial charge >= 0.3 is 0 Å². The molecular formula is C16H26N2. The molecule has 0 aliphatic heterocycles. The summed E-state index contributed by atoms with van der Waals surface area (Å²) in [6, 6.07) is 8.99. The lowest BCUT2D eigenvalue weighted by molar-refractivity contribution is 0.261. The molecule has 0 aromatic heterocycles. The highest BCUT2D eigenvalue weighted by atomic mass is 15.2. The topological polar surface area (TPSA) is 29.3 Å². The first kappa shape index (κ1) is 13.3. The molecule has 0 saturated heterocycles. The lowest BCUT2D eigenvalue weighted by Crippen LogP contribution is -2.40. The Morgan fingerprint density at radius 1 is 1.17 bits per heavy atom. The SMILES string of the molecule is CCN(c1cccc(N)c1)C1CC(C)CC(C)C1. The molecule has 1 aromatic carbocycles. The van der Waals surface area contributed by atoms with Crippen LogP contribution in [0.3, 0.4) is 0 Å². The van der Waals surface area contributed by atoms with Gasteiger partial charge in [-0.3, -0.25) is 0 Å². The fourth-order valence-electron chi connectivity index (χ4n) is 3.51. The predicted molar refractivity (Wildman–Crippen MR) is 79.8 cm³/mol. The van der Waals surface area contributed by atoms with Gasteiger partial charge in [-0.05, 0) is 56.2 Å². The fourth-order valence-corrected chi connectivity index (χ4v) is 3.51. The molecule has 1 aliphatic rings. The molecule has 100 valence electrons. The molecule has 0 radical (unpaired) electrons. The molecule has 1 fully saturated rings. The summed E-state index contributed by atoms with van der Waals surface area (Å²) in [5.41, 5.74) is 8.05. The highest BCUT2D eigenvalue weighted by Crippen LogP contribution is 2.34. The summed E-state index contributed by atoms with van der Waals surface area (Å²) >= 11 is 0. The summed E-state index contributed by atoms with van der Waals surface area (Å²) in [5, 5.41) is 0. The molecule has 18 heavy (non-hydrogen) atoms. The molecule has 2 unspecified atom stereocenters. The standard InChI is InChI=1S/C16H26N2/c1-4-18(15-7-5-6-14(17)11-15)16-9-12(2)8-13(3)10-16/h5-7,11-13,16H,4,8-10,17H2,1-3H3. The predicted octanol–water partition coefficient (Wildman–Crippen LogP) is 3.92. The molecule has 1 aliphatic carbocycles. The van der Waals surface area contributed by atoms with Crippen molar-refractivity contribution >= 4 is 11.4 Å². The van der Waals surface area contributed by atoms with E-state index in [1.165, 1.54) is 24.9 Å². The van der Waals surface area contributed by atoms with Crippen molar-refractivity contribution in [1.29, 1.82) is 0 Å². The number of hydrogen-bond acceptors (Lipinski definition) is 2. The first-order valence-electron chi connectivity index (χ1n) is 7.22. The monoisotopic (exact) mass is 246 g/mol. The minimum atomic E-state index is 0.676. The van der Waals surface area contributed by atoms with Gasteiger partial charge in [-0.15, -0.1) is 0 Å². The van der Waals surface area contributed by atoms with E-state index in [0.717, 1.165) is 24.1 Å². The molecule has 0 amide bonds. The zero-order valence-corrected chi connectivity index (χ0v) is 11.9. The highest BCUT2D eigenvalue weighted by Gasteiger charge is 2.27. The first-order valence-corrected chi connectivity index (χ1v) is 7.22. The molecule has 0 bridgehead atoms. The summed E-state index contributed by atoms with van der Waals surface area (Å²) < 4.78 is 0. The second-order valence-electron chi connectivity index (χ2n) is 5.95. The Hall–Kier alpha value is -1.18. The van der Waals surface area contributed by atoms with Gasteiger partial charge in [-0.25, -0.2) is 0 Å². The third-order valence-corrected chi connectivity index (χ3v) is 4.14. The number of hydrogen-bond donors (Lipinski definition) is 1. The maximum atomic E-state index is 5.91. The van der Waals surface area contributed by atoms with E-state index in [2.05, 4.69) is 43.9 Å². The average Bonchev–Trinajstić information content (AvgIpc) is 2.28. The third kappa shape index (κ3) is 2.98.